The summed E-state index contributed by atoms with van der Waals surface area (Å²) >= 11 is 0. The molecule has 0 bridgehead atoms. The molecular formula is C10H9N3. The Kier molecular flexibility index (Phi) is 1.56. The Morgan fingerprint density at radius 3 is 2.92 bits per heavy atom. The first-order valence-corrected chi connectivity index (χ1v) is 4.03. The van der Waals surface area contributed by atoms with Gasteiger partial charge < -0.3 is 0 Å². The van der Waals surface area contributed by atoms with Crippen molar-refractivity contribution in [1.82, 2.24) is 9.78 Å². The van der Waals surface area contributed by atoms with Crippen LogP contribution < -0.4 is 0 Å². The van der Waals surface area contributed by atoms with Crippen molar-refractivity contribution in [1.29, 1.82) is 0 Å². The van der Waals surface area contributed by atoms with Crippen molar-refractivity contribution in [3.8, 4) is 0 Å². The number of rotatable bonds is 0. The zero-order valence-corrected chi connectivity index (χ0v) is 7.57. The monoisotopic (exact) mass is 171 g/mol. The molecule has 0 aliphatic carbocycles. The van der Waals surface area contributed by atoms with Gasteiger partial charge in [0.2, 0.25) is 0 Å². The standard InChI is InChI=1S/C10H9N3/c1-7-9-5-4-8(11-2)6-10(9)13(3)12-7/h4-6H,1,3H3. The zero-order chi connectivity index (χ0) is 9.42. The lowest BCUT2D eigenvalue weighted by molar-refractivity contribution is 0.783. The molecule has 0 spiro atoms. The molecule has 0 radical (unpaired) electrons. The molecule has 0 fully saturated rings. The number of hydrogen-bond donors (Lipinski definition) is 0. The smallest absolute Gasteiger partial charge is 0.189 e. The number of nitrogens with zero attached hydrogens (tertiary/aromatic N) is 3. The maximum atomic E-state index is 6.89. The minimum absolute atomic E-state index is 0.663. The van der Waals surface area contributed by atoms with E-state index in [1.807, 2.05) is 32.2 Å². The minimum Gasteiger partial charge on any atom is -0.269 e. The number of aryl methyl sites for hydroxylation is 2. The molecule has 13 heavy (non-hydrogen) atoms. The summed E-state index contributed by atoms with van der Waals surface area (Å²) in [5.41, 5.74) is 2.69. The summed E-state index contributed by atoms with van der Waals surface area (Å²) in [6.07, 6.45) is 0. The van der Waals surface area contributed by atoms with Gasteiger partial charge >= 0.3 is 0 Å². The van der Waals surface area contributed by atoms with Crippen LogP contribution in [0.15, 0.2) is 18.2 Å². The van der Waals surface area contributed by atoms with Crippen LogP contribution in [0.3, 0.4) is 0 Å². The van der Waals surface area contributed by atoms with E-state index in [1.165, 1.54) is 0 Å². The highest BCUT2D eigenvalue weighted by Gasteiger charge is 2.04. The van der Waals surface area contributed by atoms with Gasteiger partial charge in [-0.3, -0.25) is 4.68 Å². The zero-order valence-electron chi connectivity index (χ0n) is 7.57. The fourth-order valence-corrected chi connectivity index (χ4v) is 1.50. The highest BCUT2D eigenvalue weighted by molar-refractivity contribution is 5.85. The van der Waals surface area contributed by atoms with Crippen molar-refractivity contribution < 1.29 is 0 Å². The van der Waals surface area contributed by atoms with Crippen LogP contribution in [0.5, 0.6) is 0 Å². The van der Waals surface area contributed by atoms with E-state index < -0.39 is 0 Å². The molecule has 1 aromatic heterocycles. The predicted molar refractivity (Wildman–Crippen MR) is 51.7 cm³/mol. The molecule has 2 rings (SSSR count). The van der Waals surface area contributed by atoms with Crippen molar-refractivity contribution in [2.45, 2.75) is 6.92 Å². The van der Waals surface area contributed by atoms with Gasteiger partial charge in [-0.25, -0.2) is 4.85 Å². The summed E-state index contributed by atoms with van der Waals surface area (Å²) in [6, 6.07) is 5.64. The summed E-state index contributed by atoms with van der Waals surface area (Å²) in [4.78, 5) is 3.38. The van der Waals surface area contributed by atoms with Crippen molar-refractivity contribution in [2.75, 3.05) is 0 Å². The average Bonchev–Trinajstić information content (AvgIpc) is 2.42. The molecular weight excluding hydrogens is 162 g/mol. The van der Waals surface area contributed by atoms with E-state index >= 15 is 0 Å². The lowest BCUT2D eigenvalue weighted by Crippen LogP contribution is -1.88. The molecule has 0 N–H and O–H groups in total. The molecule has 0 atom stereocenters. The SMILES string of the molecule is [C-]#[N+]c1ccc2c(C)nn(C)c2c1. The van der Waals surface area contributed by atoms with E-state index in [0.717, 1.165) is 16.6 Å². The molecule has 1 heterocycles. The molecule has 3 heteroatoms. The van der Waals surface area contributed by atoms with Gasteiger partial charge in [0.25, 0.3) is 0 Å². The maximum Gasteiger partial charge on any atom is 0.189 e. The average molecular weight is 171 g/mol. The fourth-order valence-electron chi connectivity index (χ4n) is 1.50. The van der Waals surface area contributed by atoms with Crippen molar-refractivity contribution in [2.24, 2.45) is 7.05 Å². The number of fused-ring (bicyclic) bond motifs is 1. The highest BCUT2D eigenvalue weighted by Crippen LogP contribution is 2.22. The van der Waals surface area contributed by atoms with Crippen LogP contribution >= 0.6 is 0 Å². The van der Waals surface area contributed by atoms with Crippen LogP contribution in [0.1, 0.15) is 5.69 Å². The Bertz CT molecular complexity index is 503. The van der Waals surface area contributed by atoms with Crippen LogP contribution in [0.25, 0.3) is 15.7 Å². The van der Waals surface area contributed by atoms with Gasteiger partial charge in [-0.2, -0.15) is 5.10 Å². The molecule has 0 saturated carbocycles. The third kappa shape index (κ3) is 1.07. The second kappa shape index (κ2) is 2.60. The molecule has 0 saturated heterocycles. The molecule has 2 aromatic rings. The van der Waals surface area contributed by atoms with Gasteiger partial charge in [-0.1, -0.05) is 12.1 Å². The van der Waals surface area contributed by atoms with Crippen LogP contribution in [0.4, 0.5) is 5.69 Å². The van der Waals surface area contributed by atoms with E-state index in [-0.39, 0.29) is 0 Å². The van der Waals surface area contributed by atoms with Crippen LogP contribution in [-0.4, -0.2) is 9.78 Å². The third-order valence-corrected chi connectivity index (χ3v) is 2.15. The van der Waals surface area contributed by atoms with E-state index in [1.54, 1.807) is 4.68 Å². The minimum atomic E-state index is 0.663. The van der Waals surface area contributed by atoms with Gasteiger partial charge in [0, 0.05) is 12.4 Å². The van der Waals surface area contributed by atoms with Gasteiger partial charge in [-0.05, 0) is 13.0 Å². The molecule has 0 amide bonds. The lowest BCUT2D eigenvalue weighted by atomic mass is 10.2. The topological polar surface area (TPSA) is 22.2 Å². The summed E-state index contributed by atoms with van der Waals surface area (Å²) < 4.78 is 1.80. The Labute approximate surface area is 76.4 Å². The van der Waals surface area contributed by atoms with Crippen molar-refractivity contribution in [3.63, 3.8) is 0 Å². The Balaban J connectivity index is 2.86. The molecule has 0 unspecified atom stereocenters. The van der Waals surface area contributed by atoms with E-state index in [4.69, 9.17) is 6.57 Å². The van der Waals surface area contributed by atoms with Crippen LogP contribution in [0.2, 0.25) is 0 Å². The highest BCUT2D eigenvalue weighted by atomic mass is 15.3. The summed E-state index contributed by atoms with van der Waals surface area (Å²) in [7, 11) is 1.89. The Morgan fingerprint density at radius 2 is 2.23 bits per heavy atom. The first kappa shape index (κ1) is 7.81. The number of hydrogen-bond acceptors (Lipinski definition) is 1. The first-order valence-electron chi connectivity index (χ1n) is 4.03. The van der Waals surface area contributed by atoms with E-state index in [9.17, 15) is 0 Å². The summed E-state index contributed by atoms with van der Waals surface area (Å²) in [5.74, 6) is 0. The van der Waals surface area contributed by atoms with Crippen LogP contribution in [-0.2, 0) is 7.05 Å². The van der Waals surface area contributed by atoms with Gasteiger partial charge in [0.05, 0.1) is 17.8 Å². The van der Waals surface area contributed by atoms with E-state index in [2.05, 4.69) is 9.94 Å². The Morgan fingerprint density at radius 1 is 1.46 bits per heavy atom. The third-order valence-electron chi connectivity index (χ3n) is 2.15. The fraction of sp³-hybridized carbons (Fsp3) is 0.200. The largest absolute Gasteiger partial charge is 0.269 e. The lowest BCUT2D eigenvalue weighted by Gasteiger charge is -1.93. The second-order valence-electron chi connectivity index (χ2n) is 3.02. The Hall–Kier alpha value is -1.82. The second-order valence-corrected chi connectivity index (χ2v) is 3.02. The van der Waals surface area contributed by atoms with E-state index in [0.29, 0.717) is 5.69 Å². The summed E-state index contributed by atoms with van der Waals surface area (Å²) in [5, 5.41) is 5.40. The quantitative estimate of drug-likeness (QED) is 0.558. The molecule has 3 nitrogen and oxygen atoms in total. The predicted octanol–water partition coefficient (Wildman–Crippen LogP) is 2.43. The number of benzene rings is 1. The summed E-state index contributed by atoms with van der Waals surface area (Å²) in [6.45, 7) is 8.86. The van der Waals surface area contributed by atoms with Crippen LogP contribution in [0, 0.1) is 13.5 Å². The molecule has 0 aliphatic heterocycles. The van der Waals surface area contributed by atoms with Gasteiger partial charge in [0.1, 0.15) is 0 Å². The molecule has 0 aliphatic rings. The number of aromatic nitrogens is 2. The van der Waals surface area contributed by atoms with Gasteiger partial charge in [0.15, 0.2) is 5.69 Å². The van der Waals surface area contributed by atoms with Crippen molar-refractivity contribution in [3.05, 3.63) is 35.3 Å². The molecule has 1 aromatic carbocycles. The van der Waals surface area contributed by atoms with Crippen molar-refractivity contribution >= 4 is 16.6 Å². The first-order chi connectivity index (χ1) is 6.22. The maximum absolute atomic E-state index is 6.89. The van der Waals surface area contributed by atoms with Gasteiger partial charge in [-0.15, -0.1) is 0 Å². The normalized spacial score (nSPS) is 10.2. The molecule has 64 valence electrons.